The number of allylic oxidation sites excluding steroid dienone is 5. The van der Waals surface area contributed by atoms with Crippen LogP contribution in [0.4, 0.5) is 0 Å². The fourth-order valence-electron chi connectivity index (χ4n) is 3.93. The van der Waals surface area contributed by atoms with E-state index >= 15 is 0 Å². The van der Waals surface area contributed by atoms with Crippen LogP contribution in [0.15, 0.2) is 48.2 Å². The highest BCUT2D eigenvalue weighted by Crippen LogP contribution is 2.30. The second-order valence-electron chi connectivity index (χ2n) is 6.91. The summed E-state index contributed by atoms with van der Waals surface area (Å²) in [5.41, 5.74) is 4.91. The molecule has 3 aliphatic rings. The fourth-order valence-corrected chi connectivity index (χ4v) is 3.93. The Hall–Kier alpha value is -1.75. The molecule has 0 amide bonds. The zero-order valence-electron chi connectivity index (χ0n) is 14.1. The van der Waals surface area contributed by atoms with Crippen LogP contribution in [-0.2, 0) is 0 Å². The third-order valence-electron chi connectivity index (χ3n) is 5.31. The third-order valence-corrected chi connectivity index (χ3v) is 5.31. The molecule has 126 valence electrons. The largest absolute Gasteiger partial charge is 0.295 e. The lowest BCUT2D eigenvalue weighted by Crippen LogP contribution is -2.40. The molecule has 2 heterocycles. The van der Waals surface area contributed by atoms with Crippen LogP contribution in [0.5, 0.6) is 0 Å². The summed E-state index contributed by atoms with van der Waals surface area (Å²) in [5, 5.41) is 5.54. The molecule has 1 saturated heterocycles. The first-order chi connectivity index (χ1) is 11.8. The van der Waals surface area contributed by atoms with Gasteiger partial charge in [-0.25, -0.2) is 5.01 Å². The van der Waals surface area contributed by atoms with Crippen molar-refractivity contribution < 1.29 is 0 Å². The Labute approximate surface area is 144 Å². The predicted molar refractivity (Wildman–Crippen MR) is 97.7 cm³/mol. The maximum absolute atomic E-state index is 6.45. The number of hydrogen-bond acceptors (Lipinski definition) is 4. The normalized spacial score (nSPS) is 27.9. The van der Waals surface area contributed by atoms with Crippen molar-refractivity contribution in [3.05, 3.63) is 59.5 Å². The van der Waals surface area contributed by atoms with Crippen LogP contribution in [0.3, 0.4) is 0 Å². The molecule has 24 heavy (non-hydrogen) atoms. The molecule has 1 aliphatic heterocycles. The van der Waals surface area contributed by atoms with E-state index in [0.717, 1.165) is 30.6 Å². The maximum atomic E-state index is 6.45. The predicted octanol–water partition coefficient (Wildman–Crippen LogP) is 3.46. The summed E-state index contributed by atoms with van der Waals surface area (Å²) in [7, 11) is 0. The van der Waals surface area contributed by atoms with E-state index in [4.69, 9.17) is 5.84 Å². The highest BCUT2D eigenvalue weighted by Gasteiger charge is 2.34. The monoisotopic (exact) mass is 322 g/mol. The first-order valence-electron chi connectivity index (χ1n) is 9.11. The molecular weight excluding hydrogens is 296 g/mol. The summed E-state index contributed by atoms with van der Waals surface area (Å²) >= 11 is 0. The van der Waals surface area contributed by atoms with Crippen molar-refractivity contribution >= 4 is 5.57 Å². The Bertz CT molecular complexity index is 671. The Morgan fingerprint density at radius 1 is 1.12 bits per heavy atom. The maximum Gasteiger partial charge on any atom is 0.101 e. The first kappa shape index (κ1) is 15.8. The number of nitrogens with one attached hydrogen (secondary N) is 1. The van der Waals surface area contributed by atoms with Gasteiger partial charge in [0.25, 0.3) is 0 Å². The highest BCUT2D eigenvalue weighted by atomic mass is 15.5. The van der Waals surface area contributed by atoms with E-state index in [1.165, 1.54) is 36.8 Å². The van der Waals surface area contributed by atoms with Crippen molar-refractivity contribution in [1.29, 1.82) is 0 Å². The molecule has 0 aromatic carbocycles. The number of hydrogen-bond donors (Lipinski definition) is 2. The number of rotatable bonds is 3. The minimum atomic E-state index is 0.0512. The molecule has 1 fully saturated rings. The molecule has 0 saturated carbocycles. The van der Waals surface area contributed by atoms with Crippen molar-refractivity contribution in [2.75, 3.05) is 6.54 Å². The van der Waals surface area contributed by atoms with E-state index in [-0.39, 0.29) is 6.17 Å². The second kappa shape index (κ2) is 7.01. The minimum Gasteiger partial charge on any atom is -0.295 e. The van der Waals surface area contributed by atoms with Gasteiger partial charge in [0, 0.05) is 18.3 Å². The van der Waals surface area contributed by atoms with Crippen LogP contribution in [0, 0.1) is 0 Å². The Kier molecular flexibility index (Phi) is 4.60. The molecule has 1 aromatic rings. The standard InChI is InChI=1S/C20H26N4/c21-24-19(16-9-5-2-6-10-16)14-23-20(24)17-11-12-18(22-13-17)15-7-3-1-4-8-15/h3,7-9,11-13,19-20,23H,1-2,4-6,10,14,21H2. The van der Waals surface area contributed by atoms with Crippen LogP contribution in [0.25, 0.3) is 5.57 Å². The van der Waals surface area contributed by atoms with Crippen molar-refractivity contribution in [2.45, 2.75) is 50.7 Å². The molecule has 0 radical (unpaired) electrons. The van der Waals surface area contributed by atoms with Gasteiger partial charge in [-0.05, 0) is 50.2 Å². The van der Waals surface area contributed by atoms with Crippen molar-refractivity contribution in [2.24, 2.45) is 5.84 Å². The SMILES string of the molecule is NN1C(C2=CCCCC2)CNC1c1ccc(C2=CCCC=C2)nc1. The van der Waals surface area contributed by atoms with Crippen molar-refractivity contribution in [3.63, 3.8) is 0 Å². The number of hydrazine groups is 1. The van der Waals surface area contributed by atoms with Crippen LogP contribution in [-0.4, -0.2) is 22.6 Å². The molecule has 2 unspecified atom stereocenters. The summed E-state index contributed by atoms with van der Waals surface area (Å²) in [4.78, 5) is 4.66. The zero-order valence-corrected chi connectivity index (χ0v) is 14.1. The molecule has 4 nitrogen and oxygen atoms in total. The van der Waals surface area contributed by atoms with Gasteiger partial charge in [-0.3, -0.25) is 16.1 Å². The van der Waals surface area contributed by atoms with Gasteiger partial charge in [-0.2, -0.15) is 0 Å². The second-order valence-corrected chi connectivity index (χ2v) is 6.91. The van der Waals surface area contributed by atoms with Gasteiger partial charge in [0.2, 0.25) is 0 Å². The minimum absolute atomic E-state index is 0.0512. The lowest BCUT2D eigenvalue weighted by molar-refractivity contribution is 0.208. The molecule has 3 N–H and O–H groups in total. The average molecular weight is 322 g/mol. The molecule has 2 aliphatic carbocycles. The Balaban J connectivity index is 1.49. The van der Waals surface area contributed by atoms with Gasteiger partial charge >= 0.3 is 0 Å². The van der Waals surface area contributed by atoms with Crippen molar-refractivity contribution in [1.82, 2.24) is 15.3 Å². The van der Waals surface area contributed by atoms with Crippen LogP contribution >= 0.6 is 0 Å². The van der Waals surface area contributed by atoms with Gasteiger partial charge < -0.3 is 0 Å². The van der Waals surface area contributed by atoms with E-state index in [1.54, 1.807) is 0 Å². The van der Waals surface area contributed by atoms with E-state index in [0.29, 0.717) is 6.04 Å². The smallest absolute Gasteiger partial charge is 0.101 e. The lowest BCUT2D eigenvalue weighted by Gasteiger charge is -2.27. The summed E-state index contributed by atoms with van der Waals surface area (Å²) in [6, 6.07) is 4.58. The number of nitrogens with two attached hydrogens (primary N) is 1. The molecule has 2 atom stereocenters. The van der Waals surface area contributed by atoms with E-state index < -0.39 is 0 Å². The quantitative estimate of drug-likeness (QED) is 0.661. The average Bonchev–Trinajstić information content (AvgIpc) is 3.05. The fraction of sp³-hybridized carbons (Fsp3) is 0.450. The lowest BCUT2D eigenvalue weighted by atomic mass is 9.94. The number of aromatic nitrogens is 1. The van der Waals surface area contributed by atoms with Crippen LogP contribution in [0.1, 0.15) is 55.9 Å². The van der Waals surface area contributed by atoms with Gasteiger partial charge in [-0.1, -0.05) is 35.9 Å². The number of nitrogens with zero attached hydrogens (tertiary/aromatic N) is 2. The van der Waals surface area contributed by atoms with Gasteiger partial charge in [0.15, 0.2) is 0 Å². The van der Waals surface area contributed by atoms with Crippen molar-refractivity contribution in [3.8, 4) is 0 Å². The molecule has 0 bridgehead atoms. The van der Waals surface area contributed by atoms with E-state index in [2.05, 4.69) is 46.7 Å². The highest BCUT2D eigenvalue weighted by molar-refractivity contribution is 5.72. The van der Waals surface area contributed by atoms with Gasteiger partial charge in [0.1, 0.15) is 6.17 Å². The topological polar surface area (TPSA) is 54.2 Å². The van der Waals surface area contributed by atoms with Gasteiger partial charge in [-0.15, -0.1) is 0 Å². The van der Waals surface area contributed by atoms with Crippen LogP contribution in [0.2, 0.25) is 0 Å². The summed E-state index contributed by atoms with van der Waals surface area (Å²) in [5.74, 6) is 6.45. The molecule has 0 spiro atoms. The molecular formula is C20H26N4. The molecule has 1 aromatic heterocycles. The third kappa shape index (κ3) is 3.09. The summed E-state index contributed by atoms with van der Waals surface area (Å²) in [6.45, 7) is 0.919. The zero-order chi connectivity index (χ0) is 16.4. The molecule has 4 rings (SSSR count). The Morgan fingerprint density at radius 2 is 2.08 bits per heavy atom. The van der Waals surface area contributed by atoms with Crippen LogP contribution < -0.4 is 11.2 Å². The van der Waals surface area contributed by atoms with E-state index in [9.17, 15) is 0 Å². The first-order valence-corrected chi connectivity index (χ1v) is 9.11. The summed E-state index contributed by atoms with van der Waals surface area (Å²) in [6.07, 6.45) is 18.3. The van der Waals surface area contributed by atoms with Gasteiger partial charge in [0.05, 0.1) is 11.7 Å². The Morgan fingerprint density at radius 3 is 2.79 bits per heavy atom. The molecule has 4 heteroatoms. The summed E-state index contributed by atoms with van der Waals surface area (Å²) < 4.78 is 0. The van der Waals surface area contributed by atoms with E-state index in [1.807, 2.05) is 11.2 Å². The number of pyridine rings is 1.